The normalized spacial score (nSPS) is 15.1. The highest BCUT2D eigenvalue weighted by atomic mass is 19.1. The lowest BCUT2D eigenvalue weighted by Gasteiger charge is -2.36. The summed E-state index contributed by atoms with van der Waals surface area (Å²) >= 11 is 0. The molecule has 1 heterocycles. The maximum Gasteiger partial charge on any atom is 0.237 e. The summed E-state index contributed by atoms with van der Waals surface area (Å²) < 4.78 is 13.9. The van der Waals surface area contributed by atoms with Crippen LogP contribution in [-0.2, 0) is 11.3 Å². The van der Waals surface area contributed by atoms with Gasteiger partial charge in [0.15, 0.2) is 0 Å². The van der Waals surface area contributed by atoms with Gasteiger partial charge in [-0.1, -0.05) is 42.5 Å². The number of piperazine rings is 1. The number of anilines is 1. The molecule has 26 heavy (non-hydrogen) atoms. The molecule has 3 rings (SSSR count). The molecule has 1 amide bonds. The summed E-state index contributed by atoms with van der Waals surface area (Å²) in [5.74, 6) is -0.0345. The molecule has 0 spiro atoms. The highest BCUT2D eigenvalue weighted by molar-refractivity contribution is 5.78. The Bertz CT molecular complexity index is 714. The number of nitrogens with zero attached hydrogens (tertiary/aromatic N) is 3. The molecule has 1 saturated heterocycles. The summed E-state index contributed by atoms with van der Waals surface area (Å²) in [6.45, 7) is 6.78. The first-order chi connectivity index (χ1) is 12.7. The van der Waals surface area contributed by atoms with Crippen LogP contribution in [0.1, 0.15) is 12.5 Å². The molecule has 5 heteroatoms. The molecular weight excluding hydrogens is 329 g/mol. The molecule has 2 aromatic rings. The van der Waals surface area contributed by atoms with Gasteiger partial charge in [0, 0.05) is 39.3 Å². The molecule has 0 radical (unpaired) electrons. The molecule has 1 aliphatic rings. The fourth-order valence-corrected chi connectivity index (χ4v) is 3.33. The highest BCUT2D eigenvalue weighted by Crippen LogP contribution is 2.20. The Morgan fingerprint density at radius 1 is 1.00 bits per heavy atom. The van der Waals surface area contributed by atoms with Crippen molar-refractivity contribution in [2.75, 3.05) is 44.2 Å². The average Bonchev–Trinajstić information content (AvgIpc) is 2.68. The molecule has 1 aliphatic heterocycles. The van der Waals surface area contributed by atoms with Crippen molar-refractivity contribution in [3.05, 3.63) is 66.0 Å². The van der Waals surface area contributed by atoms with Gasteiger partial charge in [0.1, 0.15) is 5.82 Å². The summed E-state index contributed by atoms with van der Waals surface area (Å²) in [5, 5.41) is 0. The predicted molar refractivity (Wildman–Crippen MR) is 103 cm³/mol. The summed E-state index contributed by atoms with van der Waals surface area (Å²) in [7, 11) is 0. The number of hydrogen-bond donors (Lipinski definition) is 0. The fraction of sp³-hybridized carbons (Fsp3) is 0.381. The minimum absolute atomic E-state index is 0.149. The summed E-state index contributed by atoms with van der Waals surface area (Å²) in [4.78, 5) is 18.8. The van der Waals surface area contributed by atoms with E-state index in [-0.39, 0.29) is 11.7 Å². The van der Waals surface area contributed by atoms with Crippen molar-refractivity contribution in [3.8, 4) is 0 Å². The topological polar surface area (TPSA) is 26.8 Å². The van der Waals surface area contributed by atoms with Crippen LogP contribution < -0.4 is 4.90 Å². The Hall–Kier alpha value is -2.40. The molecule has 0 aromatic heterocycles. The van der Waals surface area contributed by atoms with E-state index < -0.39 is 0 Å². The average molecular weight is 355 g/mol. The van der Waals surface area contributed by atoms with Crippen LogP contribution in [0.4, 0.5) is 10.1 Å². The van der Waals surface area contributed by atoms with Crippen LogP contribution in [0, 0.1) is 5.82 Å². The molecule has 0 saturated carbocycles. The number of para-hydroxylation sites is 1. The standard InChI is InChI=1S/C21H26FN3O/c1-2-24(16-18-8-4-3-5-9-18)21(26)17-23-12-14-25(15-13-23)20-11-7-6-10-19(20)22/h3-11H,2,12-17H2,1H3. The number of amides is 1. The third-order valence-corrected chi connectivity index (χ3v) is 4.87. The van der Waals surface area contributed by atoms with E-state index in [2.05, 4.69) is 9.80 Å². The first-order valence-corrected chi connectivity index (χ1v) is 9.21. The summed E-state index contributed by atoms with van der Waals surface area (Å²) in [6, 6.07) is 16.9. The van der Waals surface area contributed by atoms with E-state index in [0.29, 0.717) is 25.3 Å². The first-order valence-electron chi connectivity index (χ1n) is 9.21. The van der Waals surface area contributed by atoms with E-state index in [1.165, 1.54) is 6.07 Å². The minimum Gasteiger partial charge on any atom is -0.367 e. The van der Waals surface area contributed by atoms with Gasteiger partial charge in [-0.05, 0) is 24.6 Å². The van der Waals surface area contributed by atoms with Crippen molar-refractivity contribution in [3.63, 3.8) is 0 Å². The Balaban J connectivity index is 1.52. The molecule has 2 aromatic carbocycles. The lowest BCUT2D eigenvalue weighted by Crippen LogP contribution is -2.50. The lowest BCUT2D eigenvalue weighted by atomic mass is 10.2. The van der Waals surface area contributed by atoms with Crippen LogP contribution in [0.2, 0.25) is 0 Å². The van der Waals surface area contributed by atoms with E-state index >= 15 is 0 Å². The third-order valence-electron chi connectivity index (χ3n) is 4.87. The molecule has 0 N–H and O–H groups in total. The number of rotatable bonds is 6. The monoisotopic (exact) mass is 355 g/mol. The smallest absolute Gasteiger partial charge is 0.237 e. The fourth-order valence-electron chi connectivity index (χ4n) is 3.33. The zero-order valence-electron chi connectivity index (χ0n) is 15.3. The molecule has 0 atom stereocenters. The van der Waals surface area contributed by atoms with Crippen molar-refractivity contribution >= 4 is 11.6 Å². The predicted octanol–water partition coefficient (Wildman–Crippen LogP) is 3.00. The number of halogens is 1. The number of carbonyl (C=O) groups is 1. The van der Waals surface area contributed by atoms with Crippen molar-refractivity contribution in [1.29, 1.82) is 0 Å². The van der Waals surface area contributed by atoms with E-state index in [1.807, 2.05) is 54.3 Å². The Kier molecular flexibility index (Phi) is 6.23. The van der Waals surface area contributed by atoms with E-state index in [1.54, 1.807) is 6.07 Å². The maximum atomic E-state index is 13.9. The van der Waals surface area contributed by atoms with Gasteiger partial charge in [0.25, 0.3) is 0 Å². The van der Waals surface area contributed by atoms with Gasteiger partial charge in [-0.25, -0.2) is 4.39 Å². The van der Waals surface area contributed by atoms with Crippen LogP contribution in [-0.4, -0.2) is 55.0 Å². The third kappa shape index (κ3) is 4.61. The molecule has 1 fully saturated rings. The molecule has 0 aliphatic carbocycles. The van der Waals surface area contributed by atoms with Crippen LogP contribution in [0.5, 0.6) is 0 Å². The molecule has 138 valence electrons. The van der Waals surface area contributed by atoms with Crippen LogP contribution in [0.15, 0.2) is 54.6 Å². The van der Waals surface area contributed by atoms with Crippen LogP contribution in [0.25, 0.3) is 0 Å². The number of benzene rings is 2. The number of hydrogen-bond acceptors (Lipinski definition) is 3. The van der Waals surface area contributed by atoms with Gasteiger partial charge >= 0.3 is 0 Å². The van der Waals surface area contributed by atoms with Crippen LogP contribution in [0.3, 0.4) is 0 Å². The second-order valence-electron chi connectivity index (χ2n) is 6.61. The highest BCUT2D eigenvalue weighted by Gasteiger charge is 2.22. The Morgan fingerprint density at radius 2 is 1.65 bits per heavy atom. The molecule has 0 bridgehead atoms. The van der Waals surface area contributed by atoms with Crippen molar-refractivity contribution < 1.29 is 9.18 Å². The van der Waals surface area contributed by atoms with Gasteiger partial charge in [-0.15, -0.1) is 0 Å². The second kappa shape index (κ2) is 8.81. The van der Waals surface area contributed by atoms with E-state index in [4.69, 9.17) is 0 Å². The number of likely N-dealkylation sites (N-methyl/N-ethyl adjacent to an activating group) is 1. The van der Waals surface area contributed by atoms with E-state index in [0.717, 1.165) is 31.7 Å². The molecular formula is C21H26FN3O. The lowest BCUT2D eigenvalue weighted by molar-refractivity contribution is -0.132. The van der Waals surface area contributed by atoms with Gasteiger partial charge in [0.05, 0.1) is 12.2 Å². The summed E-state index contributed by atoms with van der Waals surface area (Å²) in [5.41, 5.74) is 1.80. The minimum atomic E-state index is -0.183. The summed E-state index contributed by atoms with van der Waals surface area (Å²) in [6.07, 6.45) is 0. The Morgan fingerprint density at radius 3 is 2.31 bits per heavy atom. The van der Waals surface area contributed by atoms with Gasteiger partial charge in [-0.2, -0.15) is 0 Å². The number of carbonyl (C=O) groups excluding carboxylic acids is 1. The van der Waals surface area contributed by atoms with Crippen molar-refractivity contribution in [1.82, 2.24) is 9.80 Å². The second-order valence-corrected chi connectivity index (χ2v) is 6.61. The molecule has 4 nitrogen and oxygen atoms in total. The maximum absolute atomic E-state index is 13.9. The Labute approximate surface area is 154 Å². The van der Waals surface area contributed by atoms with Crippen LogP contribution >= 0.6 is 0 Å². The largest absolute Gasteiger partial charge is 0.367 e. The zero-order chi connectivity index (χ0) is 18.4. The van der Waals surface area contributed by atoms with Crippen molar-refractivity contribution in [2.45, 2.75) is 13.5 Å². The van der Waals surface area contributed by atoms with Gasteiger partial charge < -0.3 is 9.80 Å². The molecule has 0 unspecified atom stereocenters. The SMILES string of the molecule is CCN(Cc1ccccc1)C(=O)CN1CCN(c2ccccc2F)CC1. The van der Waals surface area contributed by atoms with Gasteiger partial charge in [0.2, 0.25) is 5.91 Å². The van der Waals surface area contributed by atoms with Gasteiger partial charge in [-0.3, -0.25) is 9.69 Å². The zero-order valence-corrected chi connectivity index (χ0v) is 15.3. The first kappa shape index (κ1) is 18.4. The van der Waals surface area contributed by atoms with E-state index in [9.17, 15) is 9.18 Å². The quantitative estimate of drug-likeness (QED) is 0.797. The van der Waals surface area contributed by atoms with Crippen molar-refractivity contribution in [2.24, 2.45) is 0 Å².